The first-order chi connectivity index (χ1) is 14.5. The number of halogens is 1. The second kappa shape index (κ2) is 10.3. The highest BCUT2D eigenvalue weighted by molar-refractivity contribution is 6.31. The molecule has 1 fully saturated rings. The minimum absolute atomic E-state index is 0.00622. The van der Waals surface area contributed by atoms with E-state index < -0.39 is 0 Å². The van der Waals surface area contributed by atoms with Crippen LogP contribution in [0.1, 0.15) is 36.0 Å². The van der Waals surface area contributed by atoms with E-state index in [9.17, 15) is 9.59 Å². The Morgan fingerprint density at radius 1 is 1.17 bits per heavy atom. The van der Waals surface area contributed by atoms with Crippen molar-refractivity contribution in [1.29, 1.82) is 0 Å². The molecular weight excluding hydrogens is 404 g/mol. The summed E-state index contributed by atoms with van der Waals surface area (Å²) < 4.78 is 10.5. The number of nitrogens with zero attached hydrogens (tertiary/aromatic N) is 1. The molecule has 0 unspecified atom stereocenters. The van der Waals surface area contributed by atoms with Crippen LogP contribution < -0.4 is 14.8 Å². The van der Waals surface area contributed by atoms with Gasteiger partial charge in [0.1, 0.15) is 11.5 Å². The molecule has 0 saturated carbocycles. The van der Waals surface area contributed by atoms with E-state index in [2.05, 4.69) is 5.32 Å². The molecule has 2 amide bonds. The number of carbonyl (C=O) groups is 2. The number of benzene rings is 2. The van der Waals surface area contributed by atoms with E-state index in [1.54, 1.807) is 44.6 Å². The highest BCUT2D eigenvalue weighted by Gasteiger charge is 2.25. The molecule has 3 rings (SSSR count). The fourth-order valence-corrected chi connectivity index (χ4v) is 3.92. The summed E-state index contributed by atoms with van der Waals surface area (Å²) in [5, 5.41) is 3.40. The Labute approximate surface area is 182 Å². The maximum atomic E-state index is 12.9. The number of amides is 2. The molecule has 1 heterocycles. The molecule has 0 spiro atoms. The van der Waals surface area contributed by atoms with Gasteiger partial charge >= 0.3 is 0 Å². The van der Waals surface area contributed by atoms with Gasteiger partial charge in [-0.15, -0.1) is 0 Å². The van der Waals surface area contributed by atoms with Crippen molar-refractivity contribution in [2.45, 2.75) is 25.7 Å². The highest BCUT2D eigenvalue weighted by atomic mass is 35.5. The largest absolute Gasteiger partial charge is 0.497 e. The van der Waals surface area contributed by atoms with Gasteiger partial charge in [0.05, 0.1) is 19.9 Å². The van der Waals surface area contributed by atoms with Crippen LogP contribution in [0, 0.1) is 5.92 Å². The van der Waals surface area contributed by atoms with E-state index in [0.717, 1.165) is 25.8 Å². The summed E-state index contributed by atoms with van der Waals surface area (Å²) in [6.07, 6.45) is 3.04. The zero-order valence-electron chi connectivity index (χ0n) is 17.3. The fourth-order valence-electron chi connectivity index (χ4n) is 3.75. The predicted molar refractivity (Wildman–Crippen MR) is 117 cm³/mol. The second-order valence-electron chi connectivity index (χ2n) is 7.42. The molecule has 0 bridgehead atoms. The Bertz CT molecular complexity index is 903. The number of methoxy groups -OCH3 is 2. The Hall–Kier alpha value is -2.73. The summed E-state index contributed by atoms with van der Waals surface area (Å²) in [5.41, 5.74) is 1.19. The van der Waals surface area contributed by atoms with Gasteiger partial charge in [-0.2, -0.15) is 0 Å². The molecule has 6 nitrogen and oxygen atoms in total. The van der Waals surface area contributed by atoms with E-state index >= 15 is 0 Å². The van der Waals surface area contributed by atoms with Crippen molar-refractivity contribution in [2.24, 2.45) is 5.92 Å². The number of hydrogen-bond donors (Lipinski definition) is 1. The number of ether oxygens (including phenoxy) is 2. The standard InChI is InChI=1S/C23H27ClN2O4/c1-29-19-7-3-6-17(13-19)23(28)26-12-4-5-16(15-26)8-11-22(27)25-20-14-18(24)9-10-21(20)30-2/h3,6-7,9-10,13-14,16H,4-5,8,11-12,15H2,1-2H3,(H,25,27)/t16-/m1/s1. The molecule has 160 valence electrons. The van der Waals surface area contributed by atoms with E-state index in [-0.39, 0.29) is 11.8 Å². The van der Waals surface area contributed by atoms with Crippen molar-refractivity contribution in [3.8, 4) is 11.5 Å². The molecule has 1 N–H and O–H groups in total. The normalized spacial score (nSPS) is 16.1. The molecule has 1 aliphatic rings. The topological polar surface area (TPSA) is 67.9 Å². The average molecular weight is 431 g/mol. The van der Waals surface area contributed by atoms with Gasteiger partial charge in [0.15, 0.2) is 0 Å². The first-order valence-electron chi connectivity index (χ1n) is 10.1. The highest BCUT2D eigenvalue weighted by Crippen LogP contribution is 2.28. The SMILES string of the molecule is COc1cccc(C(=O)N2CCC[C@H](CCC(=O)Nc3cc(Cl)ccc3OC)C2)c1. The molecule has 2 aromatic carbocycles. The Balaban J connectivity index is 1.54. The number of nitrogens with one attached hydrogen (secondary N) is 1. The van der Waals surface area contributed by atoms with Crippen molar-refractivity contribution in [2.75, 3.05) is 32.6 Å². The van der Waals surface area contributed by atoms with E-state index in [1.165, 1.54) is 0 Å². The lowest BCUT2D eigenvalue weighted by Gasteiger charge is -2.33. The van der Waals surface area contributed by atoms with Crippen LogP contribution in [0.15, 0.2) is 42.5 Å². The van der Waals surface area contributed by atoms with Gasteiger partial charge in [0.2, 0.25) is 5.91 Å². The van der Waals surface area contributed by atoms with Crippen LogP contribution in [-0.2, 0) is 4.79 Å². The number of carbonyl (C=O) groups excluding carboxylic acids is 2. The van der Waals surface area contributed by atoms with Crippen LogP contribution in [0.25, 0.3) is 0 Å². The van der Waals surface area contributed by atoms with Crippen molar-refractivity contribution < 1.29 is 19.1 Å². The van der Waals surface area contributed by atoms with Gasteiger partial charge in [0.25, 0.3) is 5.91 Å². The third-order valence-corrected chi connectivity index (χ3v) is 5.57. The molecule has 0 aliphatic carbocycles. The molecule has 1 aliphatic heterocycles. The van der Waals surface area contributed by atoms with Crippen LogP contribution in [0.5, 0.6) is 11.5 Å². The number of anilines is 1. The minimum Gasteiger partial charge on any atom is -0.497 e. The molecule has 7 heteroatoms. The number of likely N-dealkylation sites (tertiary alicyclic amines) is 1. The lowest BCUT2D eigenvalue weighted by molar-refractivity contribution is -0.116. The Morgan fingerprint density at radius 3 is 2.77 bits per heavy atom. The Kier molecular flexibility index (Phi) is 7.57. The summed E-state index contributed by atoms with van der Waals surface area (Å²) >= 11 is 6.02. The summed E-state index contributed by atoms with van der Waals surface area (Å²) in [7, 11) is 3.14. The zero-order chi connectivity index (χ0) is 21.5. The molecule has 30 heavy (non-hydrogen) atoms. The summed E-state index contributed by atoms with van der Waals surface area (Å²) in [5.74, 6) is 1.45. The van der Waals surface area contributed by atoms with Gasteiger partial charge in [-0.25, -0.2) is 0 Å². The van der Waals surface area contributed by atoms with Crippen molar-refractivity contribution in [3.05, 3.63) is 53.1 Å². The number of piperidine rings is 1. The van der Waals surface area contributed by atoms with Crippen molar-refractivity contribution in [3.63, 3.8) is 0 Å². The van der Waals surface area contributed by atoms with Crippen LogP contribution >= 0.6 is 11.6 Å². The first-order valence-corrected chi connectivity index (χ1v) is 10.4. The van der Waals surface area contributed by atoms with Gasteiger partial charge in [0, 0.05) is 30.1 Å². The van der Waals surface area contributed by atoms with Gasteiger partial charge < -0.3 is 19.7 Å². The first kappa shape index (κ1) is 22.0. The van der Waals surface area contributed by atoms with Crippen LogP contribution in [-0.4, -0.2) is 44.0 Å². The molecular formula is C23H27ClN2O4. The summed E-state index contributed by atoms with van der Waals surface area (Å²) in [6.45, 7) is 1.39. The van der Waals surface area contributed by atoms with Gasteiger partial charge in [-0.1, -0.05) is 17.7 Å². The lowest BCUT2D eigenvalue weighted by atomic mass is 9.92. The van der Waals surface area contributed by atoms with Gasteiger partial charge in [-0.05, 0) is 61.6 Å². The zero-order valence-corrected chi connectivity index (χ0v) is 18.1. The molecule has 0 radical (unpaired) electrons. The fraction of sp³-hybridized carbons (Fsp3) is 0.391. The molecule has 0 aromatic heterocycles. The second-order valence-corrected chi connectivity index (χ2v) is 7.86. The van der Waals surface area contributed by atoms with E-state index in [4.69, 9.17) is 21.1 Å². The maximum Gasteiger partial charge on any atom is 0.253 e. The minimum atomic E-state index is -0.0909. The van der Waals surface area contributed by atoms with Crippen LogP contribution in [0.3, 0.4) is 0 Å². The maximum absolute atomic E-state index is 12.9. The average Bonchev–Trinajstić information content (AvgIpc) is 2.77. The molecule has 1 atom stereocenters. The summed E-state index contributed by atoms with van der Waals surface area (Å²) in [6, 6.07) is 12.3. The monoisotopic (exact) mass is 430 g/mol. The van der Waals surface area contributed by atoms with Gasteiger partial charge in [-0.3, -0.25) is 9.59 Å². The van der Waals surface area contributed by atoms with Crippen LogP contribution in [0.2, 0.25) is 5.02 Å². The van der Waals surface area contributed by atoms with E-state index in [1.807, 2.05) is 17.0 Å². The third-order valence-electron chi connectivity index (χ3n) is 5.34. The number of hydrogen-bond acceptors (Lipinski definition) is 4. The van der Waals surface area contributed by atoms with E-state index in [0.29, 0.717) is 46.7 Å². The third kappa shape index (κ3) is 5.66. The van der Waals surface area contributed by atoms with Crippen molar-refractivity contribution >= 4 is 29.1 Å². The Morgan fingerprint density at radius 2 is 2.00 bits per heavy atom. The smallest absolute Gasteiger partial charge is 0.253 e. The van der Waals surface area contributed by atoms with Crippen LogP contribution in [0.4, 0.5) is 5.69 Å². The van der Waals surface area contributed by atoms with Crippen molar-refractivity contribution in [1.82, 2.24) is 4.90 Å². The summed E-state index contributed by atoms with van der Waals surface area (Å²) in [4.78, 5) is 27.2. The molecule has 2 aromatic rings. The number of rotatable bonds is 7. The lowest BCUT2D eigenvalue weighted by Crippen LogP contribution is -2.40. The predicted octanol–water partition coefficient (Wildman–Crippen LogP) is 4.63. The quantitative estimate of drug-likeness (QED) is 0.695. The molecule has 1 saturated heterocycles.